The first-order valence-corrected chi connectivity index (χ1v) is 7.90. The number of rotatable bonds is 5. The Morgan fingerprint density at radius 1 is 1.58 bits per heavy atom. The van der Waals surface area contributed by atoms with Gasteiger partial charge >= 0.3 is 5.82 Å². The van der Waals surface area contributed by atoms with Gasteiger partial charge in [-0.05, 0) is 30.6 Å². The third kappa shape index (κ3) is 3.15. The fourth-order valence-corrected chi connectivity index (χ4v) is 2.92. The van der Waals surface area contributed by atoms with E-state index in [0.717, 1.165) is 30.6 Å². The van der Waals surface area contributed by atoms with Crippen molar-refractivity contribution in [1.29, 1.82) is 0 Å². The summed E-state index contributed by atoms with van der Waals surface area (Å²) in [4.78, 5) is 22.5. The molecule has 1 aliphatic rings. The zero-order chi connectivity index (χ0) is 17.3. The first kappa shape index (κ1) is 16.2. The summed E-state index contributed by atoms with van der Waals surface area (Å²) in [5.74, 6) is 0.833. The quantitative estimate of drug-likeness (QED) is 0.657. The molecule has 0 radical (unpaired) electrons. The highest BCUT2D eigenvalue weighted by atomic mass is 16.6. The van der Waals surface area contributed by atoms with Crippen LogP contribution in [0.15, 0.2) is 10.6 Å². The first-order chi connectivity index (χ1) is 11.5. The molecular formula is C15H19N5O4. The molecule has 9 heteroatoms. The SMILES string of the molecule is Cc1cc([N+](=O)[O-])nn1CCNC(=O)c1noc2c1C[C@H](C)CC2. The molecular weight excluding hydrogens is 314 g/mol. The number of nitrogens with zero attached hydrogens (tertiary/aromatic N) is 4. The molecule has 0 bridgehead atoms. The minimum Gasteiger partial charge on any atom is -0.360 e. The lowest BCUT2D eigenvalue weighted by Crippen LogP contribution is -2.29. The van der Waals surface area contributed by atoms with Crippen molar-refractivity contribution in [1.82, 2.24) is 20.3 Å². The third-order valence-corrected chi connectivity index (χ3v) is 4.27. The van der Waals surface area contributed by atoms with Crippen LogP contribution in [0.3, 0.4) is 0 Å². The van der Waals surface area contributed by atoms with Crippen LogP contribution < -0.4 is 5.32 Å². The number of nitro groups is 1. The fourth-order valence-electron chi connectivity index (χ4n) is 2.92. The minimum absolute atomic E-state index is 0.196. The minimum atomic E-state index is -0.537. The molecule has 0 saturated heterocycles. The summed E-state index contributed by atoms with van der Waals surface area (Å²) < 4.78 is 6.77. The number of carbonyl (C=O) groups excluding carboxylic acids is 1. The Labute approximate surface area is 138 Å². The van der Waals surface area contributed by atoms with Gasteiger partial charge in [0.25, 0.3) is 5.91 Å². The van der Waals surface area contributed by atoms with Crippen LogP contribution in [-0.4, -0.2) is 32.3 Å². The van der Waals surface area contributed by atoms with Crippen molar-refractivity contribution in [2.24, 2.45) is 5.92 Å². The molecule has 2 aromatic rings. The van der Waals surface area contributed by atoms with Gasteiger partial charge in [-0.3, -0.25) is 4.79 Å². The van der Waals surface area contributed by atoms with Crippen LogP contribution in [-0.2, 0) is 19.4 Å². The molecule has 1 aliphatic carbocycles. The molecule has 2 heterocycles. The average molecular weight is 333 g/mol. The van der Waals surface area contributed by atoms with E-state index in [2.05, 4.69) is 22.5 Å². The summed E-state index contributed by atoms with van der Waals surface area (Å²) in [7, 11) is 0. The van der Waals surface area contributed by atoms with Crippen LogP contribution in [0.4, 0.5) is 5.82 Å². The van der Waals surface area contributed by atoms with Crippen LogP contribution in [0.1, 0.15) is 40.9 Å². The second-order valence-electron chi connectivity index (χ2n) is 6.16. The van der Waals surface area contributed by atoms with Gasteiger partial charge in [0.1, 0.15) is 5.76 Å². The van der Waals surface area contributed by atoms with Crippen LogP contribution in [0.2, 0.25) is 0 Å². The largest absolute Gasteiger partial charge is 0.390 e. The molecule has 24 heavy (non-hydrogen) atoms. The van der Waals surface area contributed by atoms with Gasteiger partial charge in [-0.1, -0.05) is 12.1 Å². The van der Waals surface area contributed by atoms with E-state index in [-0.39, 0.29) is 11.7 Å². The lowest BCUT2D eigenvalue weighted by Gasteiger charge is -2.16. The summed E-state index contributed by atoms with van der Waals surface area (Å²) in [6.07, 6.45) is 2.65. The Kier molecular flexibility index (Phi) is 4.32. The van der Waals surface area contributed by atoms with Crippen LogP contribution in [0, 0.1) is 23.0 Å². The molecule has 0 spiro atoms. The topological polar surface area (TPSA) is 116 Å². The highest BCUT2D eigenvalue weighted by Crippen LogP contribution is 2.27. The van der Waals surface area contributed by atoms with E-state index in [1.54, 1.807) is 6.92 Å². The molecule has 3 rings (SSSR count). The maximum Gasteiger partial charge on any atom is 0.390 e. The number of nitrogens with one attached hydrogen (secondary N) is 1. The van der Waals surface area contributed by atoms with Crippen molar-refractivity contribution in [2.75, 3.05) is 6.54 Å². The van der Waals surface area contributed by atoms with Gasteiger partial charge in [0.2, 0.25) is 0 Å². The van der Waals surface area contributed by atoms with Gasteiger partial charge < -0.3 is 20.0 Å². The van der Waals surface area contributed by atoms with Gasteiger partial charge in [0.15, 0.2) is 5.69 Å². The van der Waals surface area contributed by atoms with Gasteiger partial charge in [-0.15, -0.1) is 0 Å². The molecule has 128 valence electrons. The molecule has 0 saturated carbocycles. The number of amides is 1. The molecule has 9 nitrogen and oxygen atoms in total. The number of aromatic nitrogens is 3. The fraction of sp³-hybridized carbons (Fsp3) is 0.533. The van der Waals surface area contributed by atoms with Crippen molar-refractivity contribution in [3.05, 3.63) is 38.9 Å². The van der Waals surface area contributed by atoms with E-state index in [4.69, 9.17) is 4.52 Å². The molecule has 0 unspecified atom stereocenters. The van der Waals surface area contributed by atoms with Crippen LogP contribution in [0.25, 0.3) is 0 Å². The Morgan fingerprint density at radius 3 is 3.08 bits per heavy atom. The number of carbonyl (C=O) groups is 1. The van der Waals surface area contributed by atoms with Gasteiger partial charge in [0.05, 0.1) is 23.4 Å². The number of hydrogen-bond donors (Lipinski definition) is 1. The molecule has 0 aliphatic heterocycles. The van der Waals surface area contributed by atoms with E-state index >= 15 is 0 Å². The van der Waals surface area contributed by atoms with Gasteiger partial charge in [-0.2, -0.15) is 4.68 Å². The van der Waals surface area contributed by atoms with Crippen molar-refractivity contribution in [3.8, 4) is 0 Å². The second-order valence-corrected chi connectivity index (χ2v) is 6.16. The van der Waals surface area contributed by atoms with E-state index in [1.165, 1.54) is 10.7 Å². The standard InChI is InChI=1S/C15H19N5O4/c1-9-3-4-12-11(7-9)14(18-24-12)15(21)16-5-6-19-10(2)8-13(17-19)20(22)23/h8-9H,3-7H2,1-2H3,(H,16,21)/t9-/m1/s1. The van der Waals surface area contributed by atoms with Crippen molar-refractivity contribution < 1.29 is 14.2 Å². The summed E-state index contributed by atoms with van der Waals surface area (Å²) in [6.45, 7) is 4.53. The maximum atomic E-state index is 12.3. The van der Waals surface area contributed by atoms with Crippen molar-refractivity contribution >= 4 is 11.7 Å². The lowest BCUT2D eigenvalue weighted by atomic mass is 9.88. The van der Waals surface area contributed by atoms with Crippen LogP contribution in [0.5, 0.6) is 0 Å². The number of aryl methyl sites for hydroxylation is 2. The predicted octanol–water partition coefficient (Wildman–Crippen LogP) is 1.64. The third-order valence-electron chi connectivity index (χ3n) is 4.27. The van der Waals surface area contributed by atoms with Gasteiger partial charge in [0, 0.05) is 18.5 Å². The zero-order valence-corrected chi connectivity index (χ0v) is 13.6. The molecule has 1 N–H and O–H groups in total. The Balaban J connectivity index is 1.61. The molecule has 0 fully saturated rings. The van der Waals surface area contributed by atoms with E-state index in [9.17, 15) is 14.9 Å². The maximum absolute atomic E-state index is 12.3. The summed E-state index contributed by atoms with van der Waals surface area (Å²) >= 11 is 0. The lowest BCUT2D eigenvalue weighted by molar-refractivity contribution is -0.389. The second kappa shape index (κ2) is 6.42. The van der Waals surface area contributed by atoms with Crippen molar-refractivity contribution in [2.45, 2.75) is 39.7 Å². The average Bonchev–Trinajstić information content (AvgIpc) is 3.11. The van der Waals surface area contributed by atoms with E-state index < -0.39 is 4.92 Å². The van der Waals surface area contributed by atoms with E-state index in [1.807, 2.05) is 0 Å². The first-order valence-electron chi connectivity index (χ1n) is 7.90. The Morgan fingerprint density at radius 2 is 2.38 bits per heavy atom. The zero-order valence-electron chi connectivity index (χ0n) is 13.6. The molecule has 1 atom stereocenters. The summed E-state index contributed by atoms with van der Waals surface area (Å²) in [5.41, 5.74) is 1.92. The van der Waals surface area contributed by atoms with E-state index in [0.29, 0.717) is 30.4 Å². The highest BCUT2D eigenvalue weighted by Gasteiger charge is 2.26. The Hall–Kier alpha value is -2.71. The molecule has 2 aromatic heterocycles. The van der Waals surface area contributed by atoms with Crippen LogP contribution >= 0.6 is 0 Å². The highest BCUT2D eigenvalue weighted by molar-refractivity contribution is 5.93. The monoisotopic (exact) mass is 333 g/mol. The number of hydrogen-bond acceptors (Lipinski definition) is 6. The normalized spacial score (nSPS) is 16.7. The molecule has 1 amide bonds. The summed E-state index contributed by atoms with van der Waals surface area (Å²) in [5, 5.41) is 21.3. The van der Waals surface area contributed by atoms with Gasteiger partial charge in [-0.25, -0.2) is 0 Å². The smallest absolute Gasteiger partial charge is 0.360 e. The van der Waals surface area contributed by atoms with Crippen molar-refractivity contribution in [3.63, 3.8) is 0 Å². The summed E-state index contributed by atoms with van der Waals surface area (Å²) in [6, 6.07) is 1.40. The number of fused-ring (bicyclic) bond motifs is 1. The molecule has 0 aromatic carbocycles. The predicted molar refractivity (Wildman–Crippen MR) is 83.6 cm³/mol. The Bertz CT molecular complexity index is 779.